The van der Waals surface area contributed by atoms with Crippen molar-refractivity contribution in [2.75, 3.05) is 65.5 Å². The lowest BCUT2D eigenvalue weighted by atomic mass is 10.1. The van der Waals surface area contributed by atoms with E-state index in [9.17, 15) is 34.2 Å². The van der Waals surface area contributed by atoms with Crippen molar-refractivity contribution in [3.63, 3.8) is 0 Å². The molecule has 3 heterocycles. The number of nitrogens with zero attached hydrogens (tertiary/aromatic N) is 6. The van der Waals surface area contributed by atoms with Gasteiger partial charge >= 0.3 is 12.1 Å². The first-order valence-electron chi connectivity index (χ1n) is 14.2. The normalized spacial score (nSPS) is 16.4. The highest BCUT2D eigenvalue weighted by molar-refractivity contribution is 5.96. The summed E-state index contributed by atoms with van der Waals surface area (Å²) in [7, 11) is 0. The first-order chi connectivity index (χ1) is 20.7. The average molecular weight is 600 g/mol. The molecule has 2 aliphatic rings. The molecule has 15 heteroatoms. The minimum absolute atomic E-state index is 0.0910. The van der Waals surface area contributed by atoms with E-state index in [-0.39, 0.29) is 63.1 Å². The molecule has 4 rings (SSSR count). The van der Waals surface area contributed by atoms with Crippen LogP contribution in [-0.4, -0.2) is 141 Å². The van der Waals surface area contributed by atoms with E-state index in [2.05, 4.69) is 22.2 Å². The summed E-state index contributed by atoms with van der Waals surface area (Å²) in [6.07, 6.45) is -1.62. The molecule has 0 radical (unpaired) electrons. The standard InChI is InChI=1S/C28H37N7O8/c1-2-31-10-12-32(13-11-31)23(36)19-43-24-18-22(30-35(24)20-6-4-3-5-7-20)26(39)29-21(8-9-25(37)38)27(40)33-14-16-34(17-15-33)28(41)42/h3-7,18,21H,2,8-17,19H2,1H3,(H,29,39)(H,37,38)(H,41,42)/t21-/m0/s1. The fraction of sp³-hybridized carbons (Fsp3) is 0.500. The Kier molecular flexibility index (Phi) is 10.5. The predicted molar refractivity (Wildman–Crippen MR) is 152 cm³/mol. The third-order valence-corrected chi connectivity index (χ3v) is 7.54. The van der Waals surface area contributed by atoms with Gasteiger partial charge in [-0.25, -0.2) is 9.48 Å². The number of benzene rings is 1. The molecular weight excluding hydrogens is 562 g/mol. The molecule has 232 valence electrons. The minimum Gasteiger partial charge on any atom is -0.481 e. The number of nitrogens with one attached hydrogen (secondary N) is 1. The highest BCUT2D eigenvalue weighted by atomic mass is 16.5. The molecular formula is C28H37N7O8. The van der Waals surface area contributed by atoms with Crippen LogP contribution in [0.3, 0.4) is 0 Å². The molecule has 0 aliphatic carbocycles. The number of hydrogen-bond acceptors (Lipinski definition) is 8. The molecule has 1 atom stereocenters. The van der Waals surface area contributed by atoms with Crippen LogP contribution in [-0.2, 0) is 14.4 Å². The van der Waals surface area contributed by atoms with Crippen LogP contribution < -0.4 is 10.1 Å². The van der Waals surface area contributed by atoms with Gasteiger partial charge in [-0.05, 0) is 25.1 Å². The molecule has 0 spiro atoms. The van der Waals surface area contributed by atoms with Gasteiger partial charge in [-0.3, -0.25) is 19.2 Å². The number of likely N-dealkylation sites (N-methyl/N-ethyl adjacent to an activating group) is 1. The fourth-order valence-electron chi connectivity index (χ4n) is 4.97. The van der Waals surface area contributed by atoms with E-state index in [4.69, 9.17) is 4.74 Å². The van der Waals surface area contributed by atoms with E-state index >= 15 is 0 Å². The zero-order chi connectivity index (χ0) is 30.9. The fourth-order valence-corrected chi connectivity index (χ4v) is 4.97. The molecule has 15 nitrogen and oxygen atoms in total. The largest absolute Gasteiger partial charge is 0.481 e. The molecule has 4 amide bonds. The number of carbonyl (C=O) groups is 5. The second kappa shape index (κ2) is 14.5. The monoisotopic (exact) mass is 599 g/mol. The SMILES string of the molecule is CCN1CCN(C(=O)COc2cc(C(=O)N[C@@H](CCC(=O)O)C(=O)N3CCN(C(=O)O)CC3)nn2-c2ccccc2)CC1. The van der Waals surface area contributed by atoms with E-state index in [1.54, 1.807) is 29.2 Å². The number of carboxylic acids is 1. The molecule has 0 unspecified atom stereocenters. The number of carboxylic acid groups (broad SMARTS) is 2. The van der Waals surface area contributed by atoms with Crippen LogP contribution in [0.4, 0.5) is 4.79 Å². The number of aromatic nitrogens is 2. The van der Waals surface area contributed by atoms with Crippen molar-refractivity contribution in [3.8, 4) is 11.6 Å². The molecule has 2 fully saturated rings. The van der Waals surface area contributed by atoms with Gasteiger partial charge in [0.25, 0.3) is 11.8 Å². The van der Waals surface area contributed by atoms with Gasteiger partial charge in [0, 0.05) is 64.8 Å². The van der Waals surface area contributed by atoms with Gasteiger partial charge < -0.3 is 39.9 Å². The van der Waals surface area contributed by atoms with Gasteiger partial charge in [-0.15, -0.1) is 0 Å². The first kappa shape index (κ1) is 31.3. The van der Waals surface area contributed by atoms with Gasteiger partial charge in [0.05, 0.1) is 5.69 Å². The van der Waals surface area contributed by atoms with Crippen LogP contribution in [0, 0.1) is 0 Å². The predicted octanol–water partition coefficient (Wildman–Crippen LogP) is 0.201. The van der Waals surface area contributed by atoms with Gasteiger partial charge in [-0.2, -0.15) is 5.10 Å². The maximum absolute atomic E-state index is 13.3. The summed E-state index contributed by atoms with van der Waals surface area (Å²) in [6, 6.07) is 9.08. The molecule has 2 aliphatic heterocycles. The van der Waals surface area contributed by atoms with Gasteiger partial charge in [0.15, 0.2) is 12.3 Å². The summed E-state index contributed by atoms with van der Waals surface area (Å²) in [6.45, 7) is 5.95. The number of piperazine rings is 2. The summed E-state index contributed by atoms with van der Waals surface area (Å²) in [5, 5.41) is 25.4. The summed E-state index contributed by atoms with van der Waals surface area (Å²) >= 11 is 0. The van der Waals surface area contributed by atoms with E-state index in [1.807, 2.05) is 6.07 Å². The Bertz CT molecular complexity index is 1300. The Morgan fingerprint density at radius 2 is 1.53 bits per heavy atom. The Balaban J connectivity index is 1.48. The van der Waals surface area contributed by atoms with Crippen molar-refractivity contribution < 1.29 is 38.9 Å². The Morgan fingerprint density at radius 3 is 2.14 bits per heavy atom. The van der Waals surface area contributed by atoms with Crippen LogP contribution >= 0.6 is 0 Å². The molecule has 2 aromatic rings. The molecule has 2 saturated heterocycles. The van der Waals surface area contributed by atoms with Crippen molar-refractivity contribution >= 4 is 29.8 Å². The van der Waals surface area contributed by atoms with Crippen LogP contribution in [0.1, 0.15) is 30.3 Å². The summed E-state index contributed by atoms with van der Waals surface area (Å²) in [5.74, 6) is -2.41. The number of aliphatic carboxylic acids is 1. The minimum atomic E-state index is -1.17. The topological polar surface area (TPSA) is 178 Å². The van der Waals surface area contributed by atoms with Crippen molar-refractivity contribution in [2.24, 2.45) is 0 Å². The third-order valence-electron chi connectivity index (χ3n) is 7.54. The molecule has 0 bridgehead atoms. The van der Waals surface area contributed by atoms with Crippen LogP contribution in [0.2, 0.25) is 0 Å². The van der Waals surface area contributed by atoms with Crippen LogP contribution in [0.15, 0.2) is 36.4 Å². The molecule has 0 saturated carbocycles. The van der Waals surface area contributed by atoms with Crippen molar-refractivity contribution in [3.05, 3.63) is 42.1 Å². The Labute approximate surface area is 248 Å². The van der Waals surface area contributed by atoms with Gasteiger partial charge in [0.1, 0.15) is 6.04 Å². The summed E-state index contributed by atoms with van der Waals surface area (Å²) in [4.78, 5) is 68.6. The number of hydrogen-bond donors (Lipinski definition) is 3. The number of rotatable bonds is 11. The highest BCUT2D eigenvalue weighted by Gasteiger charge is 2.31. The van der Waals surface area contributed by atoms with Gasteiger partial charge in [0.2, 0.25) is 11.8 Å². The second-order valence-corrected chi connectivity index (χ2v) is 10.3. The lowest BCUT2D eigenvalue weighted by Crippen LogP contribution is -2.55. The maximum atomic E-state index is 13.3. The molecule has 43 heavy (non-hydrogen) atoms. The molecule has 3 N–H and O–H groups in total. The van der Waals surface area contributed by atoms with Crippen molar-refractivity contribution in [1.82, 2.24) is 34.7 Å². The Morgan fingerprint density at radius 1 is 0.907 bits per heavy atom. The van der Waals surface area contributed by atoms with E-state index < -0.39 is 29.9 Å². The zero-order valence-corrected chi connectivity index (χ0v) is 24.1. The second-order valence-electron chi connectivity index (χ2n) is 10.3. The van der Waals surface area contributed by atoms with Crippen LogP contribution in [0.5, 0.6) is 5.88 Å². The lowest BCUT2D eigenvalue weighted by molar-refractivity contribution is -0.138. The van der Waals surface area contributed by atoms with E-state index in [0.717, 1.165) is 19.6 Å². The number of carbonyl (C=O) groups excluding carboxylic acids is 3. The lowest BCUT2D eigenvalue weighted by Gasteiger charge is -2.35. The third kappa shape index (κ3) is 8.22. The Hall–Kier alpha value is -4.66. The average Bonchev–Trinajstić information content (AvgIpc) is 3.46. The van der Waals surface area contributed by atoms with Crippen LogP contribution in [0.25, 0.3) is 5.69 Å². The number of para-hydroxylation sites is 1. The number of ether oxygens (including phenoxy) is 1. The zero-order valence-electron chi connectivity index (χ0n) is 24.1. The van der Waals surface area contributed by atoms with Crippen molar-refractivity contribution in [1.29, 1.82) is 0 Å². The van der Waals surface area contributed by atoms with E-state index in [1.165, 1.54) is 20.5 Å². The summed E-state index contributed by atoms with van der Waals surface area (Å²) < 4.78 is 7.24. The number of amides is 4. The smallest absolute Gasteiger partial charge is 0.407 e. The van der Waals surface area contributed by atoms with E-state index in [0.29, 0.717) is 18.8 Å². The highest BCUT2D eigenvalue weighted by Crippen LogP contribution is 2.20. The molecule has 1 aromatic carbocycles. The quantitative estimate of drug-likeness (QED) is 0.323. The summed E-state index contributed by atoms with van der Waals surface area (Å²) in [5.41, 5.74) is 0.488. The first-order valence-corrected chi connectivity index (χ1v) is 14.2. The van der Waals surface area contributed by atoms with Gasteiger partial charge in [-0.1, -0.05) is 25.1 Å². The molecule has 1 aromatic heterocycles. The maximum Gasteiger partial charge on any atom is 0.407 e. The van der Waals surface area contributed by atoms with Crippen molar-refractivity contribution in [2.45, 2.75) is 25.8 Å².